The molecule has 0 bridgehead atoms. The van der Waals surface area contributed by atoms with Crippen molar-refractivity contribution in [2.45, 2.75) is 52.6 Å². The summed E-state index contributed by atoms with van der Waals surface area (Å²) >= 11 is 0. The minimum Gasteiger partial charge on any atom is -0.317 e. The third kappa shape index (κ3) is 4.61. The lowest BCUT2D eigenvalue weighted by atomic mass is 10.0. The van der Waals surface area contributed by atoms with Gasteiger partial charge in [0.15, 0.2) is 0 Å². The number of nitrogens with one attached hydrogen (secondary N) is 1. The molecule has 184 valence electrons. The highest BCUT2D eigenvalue weighted by Gasteiger charge is 2.17. The van der Waals surface area contributed by atoms with Gasteiger partial charge in [-0.25, -0.2) is 14.3 Å². The first-order valence-corrected chi connectivity index (χ1v) is 12.3. The van der Waals surface area contributed by atoms with Crippen LogP contribution in [0, 0.1) is 0 Å². The molecule has 0 atom stereocenters. The van der Waals surface area contributed by atoms with Crippen LogP contribution in [0.3, 0.4) is 0 Å². The molecule has 4 aromatic heterocycles. The number of aryl methyl sites for hydroxylation is 2. The van der Waals surface area contributed by atoms with Crippen LogP contribution in [0.25, 0.3) is 28.6 Å². The van der Waals surface area contributed by atoms with Gasteiger partial charge in [0.2, 0.25) is 11.8 Å². The zero-order valence-electron chi connectivity index (χ0n) is 20.5. The Hall–Kier alpha value is -4.34. The maximum Gasteiger partial charge on any atom is 0.335 e. The van der Waals surface area contributed by atoms with Crippen LogP contribution < -0.4 is 5.69 Å². The largest absolute Gasteiger partial charge is 0.335 e. The summed E-state index contributed by atoms with van der Waals surface area (Å²) in [6.07, 6.45) is 11.3. The Bertz CT molecular complexity index is 1480. The first kappa shape index (κ1) is 23.4. The van der Waals surface area contributed by atoms with Crippen molar-refractivity contribution in [2.75, 3.05) is 0 Å². The van der Waals surface area contributed by atoms with Crippen LogP contribution >= 0.6 is 0 Å². The molecule has 1 N–H and O–H groups in total. The van der Waals surface area contributed by atoms with Crippen LogP contribution in [0.5, 0.6) is 0 Å². The van der Waals surface area contributed by atoms with Gasteiger partial charge in [-0.1, -0.05) is 57.0 Å². The van der Waals surface area contributed by atoms with E-state index in [9.17, 15) is 4.79 Å². The molecular formula is C26H29N9O. The molecule has 4 heterocycles. The van der Waals surface area contributed by atoms with Crippen LogP contribution in [0.1, 0.15) is 44.4 Å². The summed E-state index contributed by atoms with van der Waals surface area (Å²) in [5, 5.41) is 14.4. The third-order valence-corrected chi connectivity index (χ3v) is 6.18. The normalized spacial score (nSPS) is 11.3. The summed E-state index contributed by atoms with van der Waals surface area (Å²) in [4.78, 5) is 22.7. The number of rotatable bonds is 10. The number of hydrogen-bond acceptors (Lipinski definition) is 6. The van der Waals surface area contributed by atoms with Gasteiger partial charge in [-0.2, -0.15) is 5.21 Å². The standard InChI is InChI=1S/C26H29N9O/c1-3-5-14-33-15-13-27-25(33)35-18-20(8-4-2)34(26(35)36)17-19-11-12-23(28-16-19)21-9-6-7-10-22(21)24-29-31-32-30-24/h6-7,9-13,15-16,18H,3-5,8,14,17H2,1-2H3,(H,29,30,31,32). The number of benzene rings is 1. The van der Waals surface area contributed by atoms with Crippen molar-refractivity contribution >= 4 is 0 Å². The quantitative estimate of drug-likeness (QED) is 0.323. The van der Waals surface area contributed by atoms with Crippen molar-refractivity contribution in [1.82, 2.24) is 44.3 Å². The van der Waals surface area contributed by atoms with Crippen LogP contribution in [-0.4, -0.2) is 44.3 Å². The lowest BCUT2D eigenvalue weighted by Crippen LogP contribution is -2.26. The molecular weight excluding hydrogens is 454 g/mol. The predicted molar refractivity (Wildman–Crippen MR) is 137 cm³/mol. The van der Waals surface area contributed by atoms with E-state index in [0.717, 1.165) is 60.3 Å². The first-order valence-electron chi connectivity index (χ1n) is 12.3. The molecule has 0 saturated carbocycles. The number of aromatic amines is 1. The van der Waals surface area contributed by atoms with E-state index in [1.54, 1.807) is 10.8 Å². The summed E-state index contributed by atoms with van der Waals surface area (Å²) in [6, 6.07) is 11.8. The predicted octanol–water partition coefficient (Wildman–Crippen LogP) is 3.88. The van der Waals surface area contributed by atoms with Crippen LogP contribution in [0.2, 0.25) is 0 Å². The fourth-order valence-corrected chi connectivity index (χ4v) is 4.36. The highest BCUT2D eigenvalue weighted by molar-refractivity contribution is 5.78. The van der Waals surface area contributed by atoms with E-state index < -0.39 is 0 Å². The Morgan fingerprint density at radius 2 is 1.86 bits per heavy atom. The highest BCUT2D eigenvalue weighted by atomic mass is 16.1. The summed E-state index contributed by atoms with van der Waals surface area (Å²) in [5.74, 6) is 1.18. The van der Waals surface area contributed by atoms with Gasteiger partial charge < -0.3 is 4.57 Å². The van der Waals surface area contributed by atoms with E-state index in [4.69, 9.17) is 4.98 Å². The second-order valence-electron chi connectivity index (χ2n) is 8.72. The summed E-state index contributed by atoms with van der Waals surface area (Å²) in [5.41, 5.74) is 4.41. The molecule has 0 spiro atoms. The fourth-order valence-electron chi connectivity index (χ4n) is 4.36. The van der Waals surface area contributed by atoms with Crippen LogP contribution in [-0.2, 0) is 19.5 Å². The SMILES string of the molecule is CCCCn1ccnc1-n1cc(CCC)n(Cc2ccc(-c3ccccc3-c3nn[nH]n3)nc2)c1=O. The Morgan fingerprint density at radius 1 is 1.00 bits per heavy atom. The molecule has 36 heavy (non-hydrogen) atoms. The topological polar surface area (TPSA) is 112 Å². The highest BCUT2D eigenvalue weighted by Crippen LogP contribution is 2.28. The molecule has 5 rings (SSSR count). The summed E-state index contributed by atoms with van der Waals surface area (Å²) in [7, 11) is 0. The average molecular weight is 484 g/mol. The molecule has 10 heteroatoms. The molecule has 10 nitrogen and oxygen atoms in total. The number of aromatic nitrogens is 9. The van der Waals surface area contributed by atoms with Crippen molar-refractivity contribution in [2.24, 2.45) is 0 Å². The van der Waals surface area contributed by atoms with Gasteiger partial charge in [-0.15, -0.1) is 10.2 Å². The van der Waals surface area contributed by atoms with Gasteiger partial charge in [0, 0.05) is 48.2 Å². The van der Waals surface area contributed by atoms with Crippen molar-refractivity contribution in [3.05, 3.63) is 82.9 Å². The monoisotopic (exact) mass is 483 g/mol. The minimum atomic E-state index is -0.0890. The van der Waals surface area contributed by atoms with Gasteiger partial charge in [0.1, 0.15) is 0 Å². The van der Waals surface area contributed by atoms with Crippen LogP contribution in [0.15, 0.2) is 66.0 Å². The number of unbranched alkanes of at least 4 members (excludes halogenated alkanes) is 1. The number of tetrazole rings is 1. The minimum absolute atomic E-state index is 0.0890. The molecule has 0 aliphatic rings. The molecule has 5 aromatic rings. The zero-order chi connectivity index (χ0) is 24.9. The van der Waals surface area contributed by atoms with E-state index in [0.29, 0.717) is 18.3 Å². The van der Waals surface area contributed by atoms with E-state index in [2.05, 4.69) is 39.5 Å². The number of H-pyrrole nitrogens is 1. The van der Waals surface area contributed by atoms with E-state index in [-0.39, 0.29) is 5.69 Å². The maximum atomic E-state index is 13.5. The van der Waals surface area contributed by atoms with Crippen molar-refractivity contribution < 1.29 is 0 Å². The Morgan fingerprint density at radius 3 is 2.58 bits per heavy atom. The molecule has 1 aromatic carbocycles. The van der Waals surface area contributed by atoms with Gasteiger partial charge in [0.05, 0.1) is 12.2 Å². The average Bonchev–Trinajstić information content (AvgIpc) is 3.66. The van der Waals surface area contributed by atoms with Gasteiger partial charge in [-0.3, -0.25) is 9.55 Å². The van der Waals surface area contributed by atoms with Crippen molar-refractivity contribution in [3.8, 4) is 28.6 Å². The van der Waals surface area contributed by atoms with Crippen molar-refractivity contribution in [1.29, 1.82) is 0 Å². The molecule has 0 amide bonds. The molecule has 0 aliphatic carbocycles. The second kappa shape index (κ2) is 10.5. The third-order valence-electron chi connectivity index (χ3n) is 6.18. The van der Waals surface area contributed by atoms with Gasteiger partial charge >= 0.3 is 5.69 Å². The lowest BCUT2D eigenvalue weighted by Gasteiger charge is -2.09. The second-order valence-corrected chi connectivity index (χ2v) is 8.72. The van der Waals surface area contributed by atoms with Crippen LogP contribution in [0.4, 0.5) is 0 Å². The molecule has 0 fully saturated rings. The molecule has 0 unspecified atom stereocenters. The Kier molecular flexibility index (Phi) is 6.83. The van der Waals surface area contributed by atoms with Crippen molar-refractivity contribution in [3.63, 3.8) is 0 Å². The fraction of sp³-hybridized carbons (Fsp3) is 0.308. The zero-order valence-corrected chi connectivity index (χ0v) is 20.5. The maximum absolute atomic E-state index is 13.5. The number of imidazole rings is 2. The number of pyridine rings is 1. The number of nitrogens with zero attached hydrogens (tertiary/aromatic N) is 8. The molecule has 0 aliphatic heterocycles. The van der Waals surface area contributed by atoms with E-state index >= 15 is 0 Å². The lowest BCUT2D eigenvalue weighted by molar-refractivity contribution is 0.608. The Balaban J connectivity index is 1.45. The summed E-state index contributed by atoms with van der Waals surface area (Å²) in [6.45, 7) is 5.55. The van der Waals surface area contributed by atoms with E-state index in [1.807, 2.05) is 64.1 Å². The Labute approximate surface area is 208 Å². The van der Waals surface area contributed by atoms with Gasteiger partial charge in [0.25, 0.3) is 0 Å². The first-order chi connectivity index (χ1) is 17.7. The molecule has 0 saturated heterocycles. The molecule has 0 radical (unpaired) electrons. The smallest absolute Gasteiger partial charge is 0.317 e. The van der Waals surface area contributed by atoms with Gasteiger partial charge in [-0.05, 0) is 29.7 Å². The summed E-state index contributed by atoms with van der Waals surface area (Å²) < 4.78 is 5.54. The van der Waals surface area contributed by atoms with E-state index in [1.165, 1.54) is 0 Å². The number of hydrogen-bond donors (Lipinski definition) is 1.